The molecule has 1 aliphatic heterocycles. The molecule has 21 heavy (non-hydrogen) atoms. The first kappa shape index (κ1) is 14.3. The summed E-state index contributed by atoms with van der Waals surface area (Å²) in [6.45, 7) is 5.89. The van der Waals surface area contributed by atoms with Crippen LogP contribution in [-0.4, -0.2) is 46.4 Å². The van der Waals surface area contributed by atoms with Gasteiger partial charge in [0, 0.05) is 12.5 Å². The Hall–Kier alpha value is -1.69. The van der Waals surface area contributed by atoms with Crippen LogP contribution in [0.3, 0.4) is 0 Å². The minimum absolute atomic E-state index is 0.133. The second kappa shape index (κ2) is 5.60. The van der Waals surface area contributed by atoms with E-state index in [9.17, 15) is 4.79 Å². The van der Waals surface area contributed by atoms with Gasteiger partial charge in [-0.2, -0.15) is 5.10 Å². The summed E-state index contributed by atoms with van der Waals surface area (Å²) in [4.78, 5) is 14.1. The monoisotopic (exact) mass is 290 g/mol. The number of carbonyl (C=O) groups is 1. The average Bonchev–Trinajstić information content (AvgIpc) is 3.33. The van der Waals surface area contributed by atoms with Gasteiger partial charge in [0.25, 0.3) is 0 Å². The van der Waals surface area contributed by atoms with E-state index in [1.807, 2.05) is 19.1 Å². The van der Waals surface area contributed by atoms with Gasteiger partial charge in [0.2, 0.25) is 0 Å². The summed E-state index contributed by atoms with van der Waals surface area (Å²) in [6.07, 6.45) is 3.28. The maximum atomic E-state index is 12.3. The molecule has 2 aliphatic rings. The molecule has 2 heterocycles. The number of urea groups is 1. The highest BCUT2D eigenvalue weighted by atomic mass is 16.5. The van der Waals surface area contributed by atoms with E-state index in [0.29, 0.717) is 31.4 Å². The van der Waals surface area contributed by atoms with Crippen molar-refractivity contribution in [3.63, 3.8) is 0 Å². The van der Waals surface area contributed by atoms with E-state index < -0.39 is 0 Å². The van der Waals surface area contributed by atoms with Crippen molar-refractivity contribution >= 4 is 11.8 Å². The first-order chi connectivity index (χ1) is 10.1. The highest BCUT2D eigenvalue weighted by Gasteiger charge is 2.32. The summed E-state index contributed by atoms with van der Waals surface area (Å²) < 4.78 is 5.74. The number of aromatic nitrogens is 2. The molecule has 0 aromatic carbocycles. The molecule has 0 spiro atoms. The van der Waals surface area contributed by atoms with Gasteiger partial charge in [0.15, 0.2) is 5.82 Å². The fourth-order valence-corrected chi connectivity index (χ4v) is 2.51. The fraction of sp³-hybridized carbons (Fsp3) is 0.667. The number of carbonyl (C=O) groups excluding carboxylic acids is 1. The summed E-state index contributed by atoms with van der Waals surface area (Å²) in [7, 11) is 0. The second-order valence-electron chi connectivity index (χ2n) is 6.12. The molecule has 2 fully saturated rings. The Morgan fingerprint density at radius 3 is 2.90 bits per heavy atom. The number of hydrogen-bond donors (Lipinski definition) is 1. The number of nitrogens with zero attached hydrogens (tertiary/aromatic N) is 3. The van der Waals surface area contributed by atoms with Crippen LogP contribution in [0.25, 0.3) is 0 Å². The predicted octanol–water partition coefficient (Wildman–Crippen LogP) is 2.39. The van der Waals surface area contributed by atoms with E-state index in [1.54, 1.807) is 4.90 Å². The molecule has 1 atom stereocenters. The molecule has 6 heteroatoms. The minimum atomic E-state index is -0.253. The van der Waals surface area contributed by atoms with Crippen LogP contribution in [0.1, 0.15) is 44.7 Å². The standard InChI is InChI=1S/C15H22N4O2/c1-3-15(2)10-19(8-9-21-15)14(20)16-13-7-6-12(17-18-13)11-4-5-11/h6-7,11H,3-5,8-10H2,1-2H3,(H,16,18,20). The lowest BCUT2D eigenvalue weighted by molar-refractivity contribution is -0.0860. The maximum Gasteiger partial charge on any atom is 0.323 e. The van der Waals surface area contributed by atoms with Crippen molar-refractivity contribution in [2.24, 2.45) is 0 Å². The number of rotatable bonds is 3. The molecule has 1 aromatic rings. The SMILES string of the molecule is CCC1(C)CN(C(=O)Nc2ccc(C3CC3)nn2)CCO1. The smallest absolute Gasteiger partial charge is 0.323 e. The van der Waals surface area contributed by atoms with Crippen molar-refractivity contribution in [2.75, 3.05) is 25.0 Å². The van der Waals surface area contributed by atoms with Crippen LogP contribution in [-0.2, 0) is 4.74 Å². The Kier molecular flexibility index (Phi) is 3.80. The van der Waals surface area contributed by atoms with Crippen LogP contribution >= 0.6 is 0 Å². The summed E-state index contributed by atoms with van der Waals surface area (Å²) in [5, 5.41) is 11.1. The van der Waals surface area contributed by atoms with Crippen molar-refractivity contribution in [1.82, 2.24) is 15.1 Å². The summed E-state index contributed by atoms with van der Waals surface area (Å²) in [5.74, 6) is 1.08. The number of morpholine rings is 1. The molecule has 1 saturated heterocycles. The summed E-state index contributed by atoms with van der Waals surface area (Å²) in [6, 6.07) is 3.65. The van der Waals surface area contributed by atoms with Gasteiger partial charge in [-0.1, -0.05) is 6.92 Å². The van der Waals surface area contributed by atoms with Gasteiger partial charge in [0.1, 0.15) is 0 Å². The average molecular weight is 290 g/mol. The van der Waals surface area contributed by atoms with Crippen LogP contribution in [0, 0.1) is 0 Å². The van der Waals surface area contributed by atoms with Crippen LogP contribution in [0.4, 0.5) is 10.6 Å². The molecule has 1 aromatic heterocycles. The van der Waals surface area contributed by atoms with Crippen molar-refractivity contribution in [3.8, 4) is 0 Å². The number of hydrogen-bond acceptors (Lipinski definition) is 4. The van der Waals surface area contributed by atoms with Gasteiger partial charge in [-0.25, -0.2) is 4.79 Å². The van der Waals surface area contributed by atoms with E-state index in [4.69, 9.17) is 4.74 Å². The van der Waals surface area contributed by atoms with E-state index in [1.165, 1.54) is 12.8 Å². The molecular formula is C15H22N4O2. The number of amides is 2. The van der Waals surface area contributed by atoms with E-state index in [2.05, 4.69) is 22.4 Å². The molecule has 1 aliphatic carbocycles. The lowest BCUT2D eigenvalue weighted by atomic mass is 10.0. The normalized spacial score (nSPS) is 25.7. The highest BCUT2D eigenvalue weighted by molar-refractivity contribution is 5.88. The first-order valence-electron chi connectivity index (χ1n) is 7.63. The van der Waals surface area contributed by atoms with E-state index >= 15 is 0 Å². The number of anilines is 1. The topological polar surface area (TPSA) is 67.4 Å². The van der Waals surface area contributed by atoms with Gasteiger partial charge in [-0.05, 0) is 38.3 Å². The van der Waals surface area contributed by atoms with Gasteiger partial charge in [-0.15, -0.1) is 5.10 Å². The van der Waals surface area contributed by atoms with Crippen LogP contribution < -0.4 is 5.32 Å². The van der Waals surface area contributed by atoms with Crippen molar-refractivity contribution in [3.05, 3.63) is 17.8 Å². The molecular weight excluding hydrogens is 268 g/mol. The second-order valence-corrected chi connectivity index (χ2v) is 6.12. The number of ether oxygens (including phenoxy) is 1. The largest absolute Gasteiger partial charge is 0.372 e. The van der Waals surface area contributed by atoms with Crippen molar-refractivity contribution < 1.29 is 9.53 Å². The molecule has 6 nitrogen and oxygen atoms in total. The Morgan fingerprint density at radius 2 is 2.29 bits per heavy atom. The highest BCUT2D eigenvalue weighted by Crippen LogP contribution is 2.38. The maximum absolute atomic E-state index is 12.3. The molecule has 1 saturated carbocycles. The Balaban J connectivity index is 1.60. The predicted molar refractivity (Wildman–Crippen MR) is 79.2 cm³/mol. The van der Waals surface area contributed by atoms with Gasteiger partial charge >= 0.3 is 6.03 Å². The molecule has 0 bridgehead atoms. The zero-order valence-corrected chi connectivity index (χ0v) is 12.6. The molecule has 114 valence electrons. The third kappa shape index (κ3) is 3.32. The van der Waals surface area contributed by atoms with Gasteiger partial charge < -0.3 is 9.64 Å². The van der Waals surface area contributed by atoms with Crippen LogP contribution in [0.5, 0.6) is 0 Å². The van der Waals surface area contributed by atoms with Gasteiger partial charge in [-0.3, -0.25) is 5.32 Å². The summed E-state index contributed by atoms with van der Waals surface area (Å²) in [5.41, 5.74) is 0.773. The lowest BCUT2D eigenvalue weighted by Gasteiger charge is -2.39. The molecule has 1 N–H and O–H groups in total. The Labute approximate surface area is 124 Å². The molecule has 0 radical (unpaired) electrons. The first-order valence-corrected chi connectivity index (χ1v) is 7.63. The lowest BCUT2D eigenvalue weighted by Crippen LogP contribution is -2.53. The Morgan fingerprint density at radius 1 is 1.48 bits per heavy atom. The van der Waals surface area contributed by atoms with Crippen molar-refractivity contribution in [1.29, 1.82) is 0 Å². The zero-order valence-electron chi connectivity index (χ0n) is 12.6. The number of nitrogens with one attached hydrogen (secondary N) is 1. The molecule has 1 unspecified atom stereocenters. The van der Waals surface area contributed by atoms with Crippen LogP contribution in [0.15, 0.2) is 12.1 Å². The van der Waals surface area contributed by atoms with Gasteiger partial charge in [0.05, 0.1) is 24.4 Å². The quantitative estimate of drug-likeness (QED) is 0.928. The third-order valence-electron chi connectivity index (χ3n) is 4.29. The van der Waals surface area contributed by atoms with E-state index in [-0.39, 0.29) is 11.6 Å². The van der Waals surface area contributed by atoms with Crippen LogP contribution in [0.2, 0.25) is 0 Å². The Bertz CT molecular complexity index is 515. The zero-order chi connectivity index (χ0) is 14.9. The molecule has 3 rings (SSSR count). The van der Waals surface area contributed by atoms with E-state index in [0.717, 1.165) is 12.1 Å². The fourth-order valence-electron chi connectivity index (χ4n) is 2.51. The van der Waals surface area contributed by atoms with Crippen molar-refractivity contribution in [2.45, 2.75) is 44.6 Å². The third-order valence-corrected chi connectivity index (χ3v) is 4.29. The minimum Gasteiger partial charge on any atom is -0.372 e. The summed E-state index contributed by atoms with van der Waals surface area (Å²) >= 11 is 0. The molecule has 2 amide bonds.